The molecule has 1 aliphatic heterocycles. The number of sulfonamides is 1. The second-order valence-electron chi connectivity index (χ2n) is 5.22. The molecule has 1 aromatic carbocycles. The lowest BCUT2D eigenvalue weighted by atomic mass is 10.1. The van der Waals surface area contributed by atoms with E-state index in [4.69, 9.17) is 11.6 Å². The van der Waals surface area contributed by atoms with Crippen molar-refractivity contribution in [1.29, 1.82) is 0 Å². The molecule has 2 unspecified atom stereocenters. The van der Waals surface area contributed by atoms with E-state index in [0.717, 1.165) is 18.4 Å². The predicted octanol–water partition coefficient (Wildman–Crippen LogP) is 3.03. The number of benzene rings is 1. The van der Waals surface area contributed by atoms with Gasteiger partial charge in [0.05, 0.1) is 5.75 Å². The molecule has 19 heavy (non-hydrogen) atoms. The van der Waals surface area contributed by atoms with Gasteiger partial charge in [0.25, 0.3) is 0 Å². The Labute approximate surface area is 120 Å². The first-order valence-corrected chi connectivity index (χ1v) is 8.79. The lowest BCUT2D eigenvalue weighted by Gasteiger charge is -2.25. The Morgan fingerprint density at radius 2 is 2.05 bits per heavy atom. The molecule has 0 radical (unpaired) electrons. The largest absolute Gasteiger partial charge is 0.214 e. The molecule has 106 valence electrons. The van der Waals surface area contributed by atoms with Crippen molar-refractivity contribution in [1.82, 2.24) is 4.31 Å². The van der Waals surface area contributed by atoms with Crippen molar-refractivity contribution in [3.05, 3.63) is 35.9 Å². The highest BCUT2D eigenvalue weighted by molar-refractivity contribution is 7.89. The third kappa shape index (κ3) is 3.50. The molecule has 0 aliphatic carbocycles. The maximum absolute atomic E-state index is 12.5. The first-order valence-electron chi connectivity index (χ1n) is 6.65. The number of alkyl halides is 1. The van der Waals surface area contributed by atoms with Crippen molar-refractivity contribution < 1.29 is 8.42 Å². The third-order valence-electron chi connectivity index (χ3n) is 3.50. The summed E-state index contributed by atoms with van der Waals surface area (Å²) in [7, 11) is -3.22. The second kappa shape index (κ2) is 6.25. The zero-order chi connectivity index (χ0) is 13.9. The van der Waals surface area contributed by atoms with Crippen LogP contribution in [0.2, 0.25) is 0 Å². The topological polar surface area (TPSA) is 37.4 Å². The van der Waals surface area contributed by atoms with Crippen molar-refractivity contribution >= 4 is 21.6 Å². The van der Waals surface area contributed by atoms with Crippen molar-refractivity contribution in [2.24, 2.45) is 5.92 Å². The Morgan fingerprint density at radius 3 is 2.68 bits per heavy atom. The molecule has 0 N–H and O–H groups in total. The van der Waals surface area contributed by atoms with E-state index >= 15 is 0 Å². The van der Waals surface area contributed by atoms with E-state index in [2.05, 4.69) is 0 Å². The smallest absolute Gasteiger partial charge is 0.212 e. The summed E-state index contributed by atoms with van der Waals surface area (Å²) < 4.78 is 26.6. The van der Waals surface area contributed by atoms with Crippen LogP contribution >= 0.6 is 11.6 Å². The fourth-order valence-electron chi connectivity index (χ4n) is 2.58. The summed E-state index contributed by atoms with van der Waals surface area (Å²) in [4.78, 5) is 0. The maximum Gasteiger partial charge on any atom is 0.214 e. The van der Waals surface area contributed by atoms with Gasteiger partial charge in [-0.1, -0.05) is 37.3 Å². The lowest BCUT2D eigenvalue weighted by molar-refractivity contribution is 0.393. The summed E-state index contributed by atoms with van der Waals surface area (Å²) in [5.41, 5.74) is 1.09. The van der Waals surface area contributed by atoms with Crippen molar-refractivity contribution in [2.45, 2.75) is 25.8 Å². The summed E-state index contributed by atoms with van der Waals surface area (Å²) in [5.74, 6) is 0.506. The van der Waals surface area contributed by atoms with Gasteiger partial charge < -0.3 is 0 Å². The van der Waals surface area contributed by atoms with E-state index in [1.165, 1.54) is 0 Å². The van der Waals surface area contributed by atoms with Gasteiger partial charge in [-0.2, -0.15) is 4.31 Å². The van der Waals surface area contributed by atoms with Crippen molar-refractivity contribution in [2.75, 3.05) is 18.2 Å². The van der Waals surface area contributed by atoms with Crippen LogP contribution in [0.4, 0.5) is 0 Å². The molecule has 0 bridgehead atoms. The predicted molar refractivity (Wildman–Crippen MR) is 78.8 cm³/mol. The van der Waals surface area contributed by atoms with Crippen LogP contribution in [0.5, 0.6) is 0 Å². The van der Waals surface area contributed by atoms with Crippen LogP contribution in [0, 0.1) is 5.92 Å². The van der Waals surface area contributed by atoms with Gasteiger partial charge in [-0.3, -0.25) is 0 Å². The standard InChI is InChI=1S/C14H20ClNO2S/c1-12(10-15)11-19(17,18)16-9-5-8-14(16)13-6-3-2-4-7-13/h2-4,6-7,12,14H,5,8-11H2,1H3. The molecule has 2 atom stereocenters. The van der Waals surface area contributed by atoms with Gasteiger partial charge in [0.1, 0.15) is 0 Å². The van der Waals surface area contributed by atoms with E-state index in [0.29, 0.717) is 12.4 Å². The molecule has 0 spiro atoms. The van der Waals surface area contributed by atoms with Crippen LogP contribution in [0.15, 0.2) is 30.3 Å². The minimum Gasteiger partial charge on any atom is -0.212 e. The maximum atomic E-state index is 12.5. The zero-order valence-electron chi connectivity index (χ0n) is 11.1. The molecule has 5 heteroatoms. The normalized spacial score (nSPS) is 22.5. The number of halogens is 1. The van der Waals surface area contributed by atoms with Gasteiger partial charge in [0.15, 0.2) is 0 Å². The fraction of sp³-hybridized carbons (Fsp3) is 0.571. The molecule has 3 nitrogen and oxygen atoms in total. The molecule has 1 heterocycles. The summed E-state index contributed by atoms with van der Waals surface area (Å²) in [6.07, 6.45) is 1.83. The summed E-state index contributed by atoms with van der Waals surface area (Å²) in [5, 5.41) is 0. The lowest BCUT2D eigenvalue weighted by Crippen LogP contribution is -2.34. The van der Waals surface area contributed by atoms with Gasteiger partial charge >= 0.3 is 0 Å². The van der Waals surface area contributed by atoms with E-state index in [-0.39, 0.29) is 17.7 Å². The number of nitrogens with zero attached hydrogens (tertiary/aromatic N) is 1. The van der Waals surface area contributed by atoms with Crippen LogP contribution in [0.3, 0.4) is 0 Å². The molecule has 0 saturated carbocycles. The Hall–Kier alpha value is -0.580. The van der Waals surface area contributed by atoms with Crippen LogP contribution in [-0.4, -0.2) is 30.9 Å². The molecule has 1 aliphatic rings. The van der Waals surface area contributed by atoms with E-state index in [1.807, 2.05) is 37.3 Å². The minimum atomic E-state index is -3.22. The number of hydrogen-bond donors (Lipinski definition) is 0. The molecule has 1 fully saturated rings. The van der Waals surface area contributed by atoms with Gasteiger partial charge in [-0.15, -0.1) is 11.6 Å². The quantitative estimate of drug-likeness (QED) is 0.784. The van der Waals surface area contributed by atoms with Crippen LogP contribution in [0.25, 0.3) is 0 Å². The Balaban J connectivity index is 2.19. The van der Waals surface area contributed by atoms with Crippen molar-refractivity contribution in [3.63, 3.8) is 0 Å². The minimum absolute atomic E-state index is 0.00581. The van der Waals surface area contributed by atoms with Crippen LogP contribution in [-0.2, 0) is 10.0 Å². The molecule has 2 rings (SSSR count). The monoisotopic (exact) mass is 301 g/mol. The Kier molecular flexibility index (Phi) is 4.87. The summed E-state index contributed by atoms with van der Waals surface area (Å²) in [6.45, 7) is 2.50. The van der Waals surface area contributed by atoms with Crippen LogP contribution in [0.1, 0.15) is 31.4 Å². The highest BCUT2D eigenvalue weighted by atomic mass is 35.5. The highest BCUT2D eigenvalue weighted by Gasteiger charge is 2.35. The van der Waals surface area contributed by atoms with Crippen molar-refractivity contribution in [3.8, 4) is 0 Å². The van der Waals surface area contributed by atoms with Gasteiger partial charge in [0, 0.05) is 18.5 Å². The average molecular weight is 302 g/mol. The molecule has 1 aromatic rings. The summed E-state index contributed by atoms with van der Waals surface area (Å²) >= 11 is 5.74. The first-order chi connectivity index (χ1) is 9.04. The average Bonchev–Trinajstić information content (AvgIpc) is 2.89. The highest BCUT2D eigenvalue weighted by Crippen LogP contribution is 2.34. The molecule has 1 saturated heterocycles. The second-order valence-corrected chi connectivity index (χ2v) is 7.49. The number of rotatable bonds is 5. The molecule has 0 aromatic heterocycles. The first kappa shape index (κ1) is 14.8. The molecule has 0 amide bonds. The molecular weight excluding hydrogens is 282 g/mol. The van der Waals surface area contributed by atoms with Crippen LogP contribution < -0.4 is 0 Å². The number of hydrogen-bond acceptors (Lipinski definition) is 2. The Morgan fingerprint density at radius 1 is 1.37 bits per heavy atom. The summed E-state index contributed by atoms with van der Waals surface area (Å²) in [6, 6.07) is 9.87. The van der Waals surface area contributed by atoms with Gasteiger partial charge in [-0.05, 0) is 24.3 Å². The SMILES string of the molecule is CC(CCl)CS(=O)(=O)N1CCCC1c1ccccc1. The van der Waals surface area contributed by atoms with E-state index in [1.54, 1.807) is 4.31 Å². The fourth-order valence-corrected chi connectivity index (χ4v) is 4.87. The zero-order valence-corrected chi connectivity index (χ0v) is 12.7. The molecular formula is C14H20ClNO2S. The van der Waals surface area contributed by atoms with Gasteiger partial charge in [0.2, 0.25) is 10.0 Å². The van der Waals surface area contributed by atoms with E-state index < -0.39 is 10.0 Å². The third-order valence-corrected chi connectivity index (χ3v) is 6.17. The Bertz CT molecular complexity index is 503. The van der Waals surface area contributed by atoms with Gasteiger partial charge in [-0.25, -0.2) is 8.42 Å². The van der Waals surface area contributed by atoms with E-state index in [9.17, 15) is 8.42 Å².